The molecule has 0 aliphatic heterocycles. The molecule has 10 heteroatoms. The standard InChI is InChI=1S/C21H26N2O6S2/c1-4-29-18-9-7-16(8-10-18)23-31(26,27)19-13-17(6-5-15(19)2)22-20(24)11-12-30-14-21(25)28-3/h5-10,13,23H,4,11-12,14H2,1-3H3,(H,22,24). The zero-order valence-corrected chi connectivity index (χ0v) is 19.3. The largest absolute Gasteiger partial charge is 0.494 e. The Kier molecular flexibility index (Phi) is 9.20. The lowest BCUT2D eigenvalue weighted by atomic mass is 10.2. The number of hydrogen-bond acceptors (Lipinski definition) is 7. The van der Waals surface area contributed by atoms with Gasteiger partial charge in [0.15, 0.2) is 0 Å². The van der Waals surface area contributed by atoms with Gasteiger partial charge in [-0.05, 0) is 55.8 Å². The molecule has 0 aliphatic carbocycles. The minimum atomic E-state index is -3.86. The second kappa shape index (κ2) is 11.6. The second-order valence-corrected chi connectivity index (χ2v) is 9.23. The molecule has 0 radical (unpaired) electrons. The number of esters is 1. The highest BCUT2D eigenvalue weighted by molar-refractivity contribution is 7.99. The highest BCUT2D eigenvalue weighted by Gasteiger charge is 2.18. The number of methoxy groups -OCH3 is 1. The number of thioether (sulfide) groups is 1. The summed E-state index contributed by atoms with van der Waals surface area (Å²) < 4.78 is 38.2. The SMILES string of the molecule is CCOc1ccc(NS(=O)(=O)c2cc(NC(=O)CCSCC(=O)OC)ccc2C)cc1. The molecule has 0 aliphatic rings. The molecular formula is C21H26N2O6S2. The van der Waals surface area contributed by atoms with Crippen molar-refractivity contribution < 1.29 is 27.5 Å². The number of carbonyl (C=O) groups is 2. The first-order valence-electron chi connectivity index (χ1n) is 9.56. The van der Waals surface area contributed by atoms with Crippen LogP contribution in [0.5, 0.6) is 5.75 Å². The molecule has 0 bridgehead atoms. The summed E-state index contributed by atoms with van der Waals surface area (Å²) in [6, 6.07) is 11.3. The minimum Gasteiger partial charge on any atom is -0.494 e. The van der Waals surface area contributed by atoms with Gasteiger partial charge >= 0.3 is 5.97 Å². The Labute approximate surface area is 186 Å². The summed E-state index contributed by atoms with van der Waals surface area (Å²) in [6.07, 6.45) is 0.183. The zero-order chi connectivity index (χ0) is 22.9. The number of anilines is 2. The summed E-state index contributed by atoms with van der Waals surface area (Å²) in [6.45, 7) is 4.07. The molecule has 0 unspecified atom stereocenters. The zero-order valence-electron chi connectivity index (χ0n) is 17.6. The van der Waals surface area contributed by atoms with Gasteiger partial charge in [0.05, 0.1) is 24.4 Å². The van der Waals surface area contributed by atoms with Crippen LogP contribution in [0.3, 0.4) is 0 Å². The van der Waals surface area contributed by atoms with E-state index < -0.39 is 10.0 Å². The Morgan fingerprint density at radius 3 is 2.39 bits per heavy atom. The third-order valence-corrected chi connectivity index (χ3v) is 6.56. The average Bonchev–Trinajstić information content (AvgIpc) is 2.73. The number of benzene rings is 2. The number of rotatable bonds is 11. The van der Waals surface area contributed by atoms with Gasteiger partial charge in [0, 0.05) is 23.5 Å². The number of carbonyl (C=O) groups excluding carboxylic acids is 2. The topological polar surface area (TPSA) is 111 Å². The van der Waals surface area contributed by atoms with Crippen molar-refractivity contribution in [2.24, 2.45) is 0 Å². The maximum absolute atomic E-state index is 12.9. The molecule has 0 heterocycles. The fraction of sp³-hybridized carbons (Fsp3) is 0.333. The first-order chi connectivity index (χ1) is 14.7. The van der Waals surface area contributed by atoms with E-state index in [0.717, 1.165) is 0 Å². The molecule has 2 aromatic rings. The van der Waals surface area contributed by atoms with E-state index in [4.69, 9.17) is 4.74 Å². The number of aryl methyl sites for hydroxylation is 1. The van der Waals surface area contributed by atoms with Crippen LogP contribution in [-0.2, 0) is 24.3 Å². The van der Waals surface area contributed by atoms with Gasteiger partial charge in [0.2, 0.25) is 5.91 Å². The van der Waals surface area contributed by atoms with E-state index in [2.05, 4.69) is 14.8 Å². The minimum absolute atomic E-state index is 0.0688. The van der Waals surface area contributed by atoms with Crippen LogP contribution < -0.4 is 14.8 Å². The van der Waals surface area contributed by atoms with Gasteiger partial charge in [0.25, 0.3) is 10.0 Å². The molecular weight excluding hydrogens is 440 g/mol. The van der Waals surface area contributed by atoms with Gasteiger partial charge in [-0.1, -0.05) is 6.07 Å². The number of amides is 1. The van der Waals surface area contributed by atoms with Crippen LogP contribution in [0.4, 0.5) is 11.4 Å². The molecule has 168 valence electrons. The van der Waals surface area contributed by atoms with Gasteiger partial charge in [-0.2, -0.15) is 0 Å². The van der Waals surface area contributed by atoms with E-state index in [1.54, 1.807) is 43.3 Å². The number of nitrogens with one attached hydrogen (secondary N) is 2. The number of sulfonamides is 1. The first-order valence-corrected chi connectivity index (χ1v) is 12.2. The van der Waals surface area contributed by atoms with Crippen molar-refractivity contribution in [3.05, 3.63) is 48.0 Å². The lowest BCUT2D eigenvalue weighted by Crippen LogP contribution is -2.16. The van der Waals surface area contributed by atoms with E-state index in [9.17, 15) is 18.0 Å². The molecule has 2 N–H and O–H groups in total. The van der Waals surface area contributed by atoms with Crippen LogP contribution in [0.2, 0.25) is 0 Å². The van der Waals surface area contributed by atoms with Crippen molar-refractivity contribution in [1.29, 1.82) is 0 Å². The molecule has 0 aromatic heterocycles. The predicted octanol–water partition coefficient (Wildman–Crippen LogP) is 3.43. The van der Waals surface area contributed by atoms with E-state index >= 15 is 0 Å². The van der Waals surface area contributed by atoms with Gasteiger partial charge in [0.1, 0.15) is 5.75 Å². The summed E-state index contributed by atoms with van der Waals surface area (Å²) in [5.41, 5.74) is 1.32. The summed E-state index contributed by atoms with van der Waals surface area (Å²) in [5, 5.41) is 2.69. The first kappa shape index (κ1) is 24.5. The molecule has 0 saturated heterocycles. The molecule has 8 nitrogen and oxygen atoms in total. The third-order valence-electron chi connectivity index (χ3n) is 4.10. The quantitative estimate of drug-likeness (QED) is 0.385. The van der Waals surface area contributed by atoms with Crippen molar-refractivity contribution in [2.45, 2.75) is 25.2 Å². The number of hydrogen-bond donors (Lipinski definition) is 2. The van der Waals surface area contributed by atoms with Crippen LogP contribution in [-0.4, -0.2) is 45.5 Å². The predicted molar refractivity (Wildman–Crippen MR) is 122 cm³/mol. The maximum atomic E-state index is 12.9. The van der Waals surface area contributed by atoms with Crippen LogP contribution in [0.1, 0.15) is 18.9 Å². The van der Waals surface area contributed by atoms with Crippen molar-refractivity contribution in [1.82, 2.24) is 0 Å². The summed E-state index contributed by atoms with van der Waals surface area (Å²) in [4.78, 5) is 23.3. The lowest BCUT2D eigenvalue weighted by Gasteiger charge is -2.13. The van der Waals surface area contributed by atoms with E-state index in [-0.39, 0.29) is 28.9 Å². The Morgan fingerprint density at radius 2 is 1.74 bits per heavy atom. The maximum Gasteiger partial charge on any atom is 0.315 e. The van der Waals surface area contributed by atoms with E-state index in [1.807, 2.05) is 6.92 Å². The van der Waals surface area contributed by atoms with Gasteiger partial charge in [-0.25, -0.2) is 8.42 Å². The molecule has 2 rings (SSSR count). The van der Waals surface area contributed by atoms with Gasteiger partial charge in [-0.15, -0.1) is 11.8 Å². The molecule has 0 fully saturated rings. The molecule has 0 atom stereocenters. The Hall–Kier alpha value is -2.72. The molecule has 31 heavy (non-hydrogen) atoms. The Bertz CT molecular complexity index is 1010. The van der Waals surface area contributed by atoms with E-state index in [1.165, 1.54) is 24.9 Å². The van der Waals surface area contributed by atoms with Gasteiger partial charge < -0.3 is 14.8 Å². The number of ether oxygens (including phenoxy) is 2. The van der Waals surface area contributed by atoms with Crippen molar-refractivity contribution >= 4 is 45.0 Å². The average molecular weight is 467 g/mol. The fourth-order valence-corrected chi connectivity index (χ4v) is 4.66. The van der Waals surface area contributed by atoms with Gasteiger partial charge in [-0.3, -0.25) is 14.3 Å². The third kappa shape index (κ3) is 7.80. The highest BCUT2D eigenvalue weighted by Crippen LogP contribution is 2.24. The smallest absolute Gasteiger partial charge is 0.315 e. The Morgan fingerprint density at radius 1 is 1.06 bits per heavy atom. The highest BCUT2D eigenvalue weighted by atomic mass is 32.2. The van der Waals surface area contributed by atoms with Crippen molar-refractivity contribution in [3.8, 4) is 5.75 Å². The van der Waals surface area contributed by atoms with E-state index in [0.29, 0.717) is 35.0 Å². The fourth-order valence-electron chi connectivity index (χ4n) is 2.57. The molecule has 0 saturated carbocycles. The second-order valence-electron chi connectivity index (χ2n) is 6.47. The summed E-state index contributed by atoms with van der Waals surface area (Å²) >= 11 is 1.29. The molecule has 0 spiro atoms. The van der Waals surface area contributed by atoms with Crippen LogP contribution in [0.15, 0.2) is 47.4 Å². The Balaban J connectivity index is 2.03. The summed E-state index contributed by atoms with van der Waals surface area (Å²) in [5.74, 6) is 0.643. The van der Waals surface area contributed by atoms with Crippen LogP contribution in [0.25, 0.3) is 0 Å². The van der Waals surface area contributed by atoms with Crippen LogP contribution >= 0.6 is 11.8 Å². The molecule has 2 aromatic carbocycles. The lowest BCUT2D eigenvalue weighted by molar-refractivity contribution is -0.137. The summed E-state index contributed by atoms with van der Waals surface area (Å²) in [7, 11) is -2.55. The molecule has 1 amide bonds. The van der Waals surface area contributed by atoms with Crippen molar-refractivity contribution in [2.75, 3.05) is 35.3 Å². The van der Waals surface area contributed by atoms with Crippen molar-refractivity contribution in [3.63, 3.8) is 0 Å². The normalized spacial score (nSPS) is 10.9. The monoisotopic (exact) mass is 466 g/mol. The van der Waals surface area contributed by atoms with Crippen LogP contribution in [0, 0.1) is 6.92 Å².